The van der Waals surface area contributed by atoms with Gasteiger partial charge in [-0.2, -0.15) is 0 Å². The number of likely N-dealkylation sites (tertiary alicyclic amines) is 1. The third-order valence-corrected chi connectivity index (χ3v) is 4.48. The molecule has 1 fully saturated rings. The number of thioether (sulfide) groups is 1. The Bertz CT molecular complexity index is 646. The molecule has 116 valence electrons. The molecule has 6 nitrogen and oxygen atoms in total. The van der Waals surface area contributed by atoms with Gasteiger partial charge in [-0.05, 0) is 25.0 Å². The molecule has 2 N–H and O–H groups in total. The number of carbonyl (C=O) groups is 2. The molecule has 2 amide bonds. The second-order valence-corrected chi connectivity index (χ2v) is 6.18. The van der Waals surface area contributed by atoms with E-state index in [0.29, 0.717) is 5.16 Å². The molecule has 0 bridgehead atoms. The number of nitrogens with one attached hydrogen (secondary N) is 2. The summed E-state index contributed by atoms with van der Waals surface area (Å²) in [6.07, 6.45) is 2.11. The number of imidazole rings is 1. The Morgan fingerprint density at radius 2 is 2.05 bits per heavy atom. The van der Waals surface area contributed by atoms with Crippen molar-refractivity contribution >= 4 is 34.6 Å². The first-order chi connectivity index (χ1) is 10.7. The number of H-pyrrole nitrogens is 1. The van der Waals surface area contributed by atoms with Gasteiger partial charge >= 0.3 is 0 Å². The first kappa shape index (κ1) is 14.9. The molecule has 0 spiro atoms. The van der Waals surface area contributed by atoms with Crippen molar-refractivity contribution in [3.05, 3.63) is 24.3 Å². The molecule has 1 saturated heterocycles. The summed E-state index contributed by atoms with van der Waals surface area (Å²) >= 11 is 1.33. The number of aromatic nitrogens is 2. The highest BCUT2D eigenvalue weighted by Gasteiger charge is 2.18. The van der Waals surface area contributed by atoms with E-state index in [1.54, 1.807) is 4.90 Å². The second-order valence-electron chi connectivity index (χ2n) is 5.21. The minimum atomic E-state index is -0.155. The van der Waals surface area contributed by atoms with Gasteiger partial charge in [0.05, 0.1) is 23.3 Å². The number of para-hydroxylation sites is 2. The van der Waals surface area contributed by atoms with E-state index in [4.69, 9.17) is 0 Å². The summed E-state index contributed by atoms with van der Waals surface area (Å²) in [7, 11) is 0. The highest BCUT2D eigenvalue weighted by molar-refractivity contribution is 7.99. The van der Waals surface area contributed by atoms with Crippen molar-refractivity contribution in [2.45, 2.75) is 18.0 Å². The summed E-state index contributed by atoms with van der Waals surface area (Å²) in [5.41, 5.74) is 1.84. The second kappa shape index (κ2) is 6.83. The SMILES string of the molecule is O=C(CSc1nc2ccccc2[nH]1)NCC(=O)N1CCCC1. The molecule has 1 aliphatic heterocycles. The van der Waals surface area contributed by atoms with E-state index in [-0.39, 0.29) is 24.1 Å². The third kappa shape index (κ3) is 3.59. The number of nitrogens with zero attached hydrogens (tertiary/aromatic N) is 2. The zero-order valence-electron chi connectivity index (χ0n) is 12.2. The Labute approximate surface area is 132 Å². The quantitative estimate of drug-likeness (QED) is 0.817. The van der Waals surface area contributed by atoms with Crippen LogP contribution < -0.4 is 5.32 Å². The van der Waals surface area contributed by atoms with Gasteiger partial charge in [0.1, 0.15) is 0 Å². The van der Waals surface area contributed by atoms with Crippen molar-refractivity contribution in [1.29, 1.82) is 0 Å². The van der Waals surface area contributed by atoms with E-state index in [1.165, 1.54) is 11.8 Å². The van der Waals surface area contributed by atoms with Crippen LogP contribution in [-0.4, -0.2) is 52.1 Å². The summed E-state index contributed by atoms with van der Waals surface area (Å²) < 4.78 is 0. The van der Waals surface area contributed by atoms with Gasteiger partial charge in [-0.15, -0.1) is 0 Å². The fraction of sp³-hybridized carbons (Fsp3) is 0.400. The molecule has 0 saturated carbocycles. The zero-order chi connectivity index (χ0) is 15.4. The highest BCUT2D eigenvalue weighted by atomic mass is 32.2. The van der Waals surface area contributed by atoms with Gasteiger partial charge in [-0.1, -0.05) is 23.9 Å². The summed E-state index contributed by atoms with van der Waals surface area (Å²) in [5.74, 6) is 0.0881. The monoisotopic (exact) mass is 318 g/mol. The van der Waals surface area contributed by atoms with Crippen LogP contribution >= 0.6 is 11.8 Å². The number of amides is 2. The number of carbonyl (C=O) groups excluding carboxylic acids is 2. The standard InChI is InChI=1S/C15H18N4O2S/c20-13(16-9-14(21)19-7-3-4-8-19)10-22-15-17-11-5-1-2-6-12(11)18-15/h1-2,5-6H,3-4,7-10H2,(H,16,20)(H,17,18). The van der Waals surface area contributed by atoms with E-state index in [1.807, 2.05) is 24.3 Å². The van der Waals surface area contributed by atoms with Gasteiger partial charge in [0.2, 0.25) is 11.8 Å². The molecule has 2 aromatic rings. The van der Waals surface area contributed by atoms with E-state index in [9.17, 15) is 9.59 Å². The molecular formula is C15H18N4O2S. The summed E-state index contributed by atoms with van der Waals surface area (Å²) in [5, 5.41) is 3.38. The average Bonchev–Trinajstić information content (AvgIpc) is 3.19. The summed E-state index contributed by atoms with van der Waals surface area (Å²) in [6, 6.07) is 7.73. The largest absolute Gasteiger partial charge is 0.346 e. The van der Waals surface area contributed by atoms with Gasteiger partial charge in [0.25, 0.3) is 0 Å². The van der Waals surface area contributed by atoms with Gasteiger partial charge in [-0.25, -0.2) is 4.98 Å². The molecule has 3 rings (SSSR count). The molecule has 0 radical (unpaired) electrons. The molecular weight excluding hydrogens is 300 g/mol. The van der Waals surface area contributed by atoms with Crippen LogP contribution in [0.15, 0.2) is 29.4 Å². The van der Waals surface area contributed by atoms with Crippen molar-refractivity contribution in [2.24, 2.45) is 0 Å². The van der Waals surface area contributed by atoms with E-state index in [2.05, 4.69) is 15.3 Å². The number of aromatic amines is 1. The van der Waals surface area contributed by atoms with Crippen molar-refractivity contribution in [3.63, 3.8) is 0 Å². The van der Waals surface area contributed by atoms with E-state index in [0.717, 1.165) is 37.0 Å². The maximum atomic E-state index is 11.8. The predicted octanol–water partition coefficient (Wildman–Crippen LogP) is 1.39. The highest BCUT2D eigenvalue weighted by Crippen LogP contribution is 2.18. The average molecular weight is 318 g/mol. The number of hydrogen-bond donors (Lipinski definition) is 2. The summed E-state index contributed by atoms with van der Waals surface area (Å²) in [6.45, 7) is 1.70. The van der Waals surface area contributed by atoms with Gasteiger partial charge in [-0.3, -0.25) is 9.59 Å². The van der Waals surface area contributed by atoms with Crippen LogP contribution in [0.25, 0.3) is 11.0 Å². The minimum absolute atomic E-state index is 0.000382. The minimum Gasteiger partial charge on any atom is -0.346 e. The molecule has 1 aliphatic rings. The van der Waals surface area contributed by atoms with Gasteiger partial charge in [0.15, 0.2) is 5.16 Å². The van der Waals surface area contributed by atoms with Crippen LogP contribution in [0.1, 0.15) is 12.8 Å². The van der Waals surface area contributed by atoms with Crippen LogP contribution in [0.5, 0.6) is 0 Å². The fourth-order valence-electron chi connectivity index (χ4n) is 2.44. The van der Waals surface area contributed by atoms with Crippen LogP contribution in [0.2, 0.25) is 0 Å². The normalized spacial score (nSPS) is 14.5. The van der Waals surface area contributed by atoms with E-state index < -0.39 is 0 Å². The Kier molecular flexibility index (Phi) is 4.62. The lowest BCUT2D eigenvalue weighted by Gasteiger charge is -2.15. The summed E-state index contributed by atoms with van der Waals surface area (Å²) in [4.78, 5) is 33.0. The first-order valence-electron chi connectivity index (χ1n) is 7.34. The number of benzene rings is 1. The Balaban J connectivity index is 1.44. The molecule has 0 unspecified atom stereocenters. The molecule has 0 aliphatic carbocycles. The van der Waals surface area contributed by atoms with Crippen molar-refractivity contribution in [1.82, 2.24) is 20.2 Å². The fourth-order valence-corrected chi connectivity index (χ4v) is 3.15. The molecule has 0 atom stereocenters. The van der Waals surface area contributed by atoms with E-state index >= 15 is 0 Å². The van der Waals surface area contributed by atoms with Crippen LogP contribution in [0, 0.1) is 0 Å². The maximum absolute atomic E-state index is 11.8. The zero-order valence-corrected chi connectivity index (χ0v) is 13.0. The van der Waals surface area contributed by atoms with Crippen LogP contribution in [0.4, 0.5) is 0 Å². The van der Waals surface area contributed by atoms with Crippen LogP contribution in [-0.2, 0) is 9.59 Å². The Morgan fingerprint density at radius 1 is 1.27 bits per heavy atom. The molecule has 1 aromatic carbocycles. The van der Waals surface area contributed by atoms with Crippen LogP contribution in [0.3, 0.4) is 0 Å². The topological polar surface area (TPSA) is 78.1 Å². The molecule has 7 heteroatoms. The lowest BCUT2D eigenvalue weighted by atomic mass is 10.3. The molecule has 2 heterocycles. The number of fused-ring (bicyclic) bond motifs is 1. The predicted molar refractivity (Wildman–Crippen MR) is 85.6 cm³/mol. The lowest BCUT2D eigenvalue weighted by molar-refractivity contribution is -0.131. The number of hydrogen-bond acceptors (Lipinski definition) is 4. The Hall–Kier alpha value is -2.02. The molecule has 1 aromatic heterocycles. The van der Waals surface area contributed by atoms with Gasteiger partial charge < -0.3 is 15.2 Å². The van der Waals surface area contributed by atoms with Gasteiger partial charge in [0, 0.05) is 13.1 Å². The Morgan fingerprint density at radius 3 is 2.82 bits per heavy atom. The number of rotatable bonds is 5. The van der Waals surface area contributed by atoms with Crippen molar-refractivity contribution < 1.29 is 9.59 Å². The maximum Gasteiger partial charge on any atom is 0.241 e. The molecule has 22 heavy (non-hydrogen) atoms. The third-order valence-electron chi connectivity index (χ3n) is 3.60. The smallest absolute Gasteiger partial charge is 0.241 e. The first-order valence-corrected chi connectivity index (χ1v) is 8.33. The lowest BCUT2D eigenvalue weighted by Crippen LogP contribution is -2.39. The van der Waals surface area contributed by atoms with Crippen molar-refractivity contribution in [3.8, 4) is 0 Å². The van der Waals surface area contributed by atoms with Crippen molar-refractivity contribution in [2.75, 3.05) is 25.4 Å².